The van der Waals surface area contributed by atoms with E-state index >= 15 is 0 Å². The summed E-state index contributed by atoms with van der Waals surface area (Å²) in [5.41, 5.74) is 7.20. The summed E-state index contributed by atoms with van der Waals surface area (Å²) in [6, 6.07) is 53.6. The van der Waals surface area contributed by atoms with Crippen molar-refractivity contribution in [2.75, 3.05) is 0 Å². The molecule has 0 atom stereocenters. The minimum Gasteiger partial charge on any atom is -0.507 e. The quantitative estimate of drug-likeness (QED) is 0.229. The summed E-state index contributed by atoms with van der Waals surface area (Å²) in [5, 5.41) is 19.9. The Morgan fingerprint density at radius 3 is 1.54 bits per heavy atom. The summed E-state index contributed by atoms with van der Waals surface area (Å²) in [6.45, 7) is 0. The Bertz CT molecular complexity index is 2200. The van der Waals surface area contributed by atoms with Crippen LogP contribution >= 0.6 is 0 Å². The number of benzene rings is 8. The Hall–Kier alpha value is -5.40. The second-order valence-electron chi connectivity index (χ2n) is 10.7. The van der Waals surface area contributed by atoms with Gasteiger partial charge in [0.2, 0.25) is 0 Å². The first-order valence-corrected chi connectivity index (χ1v) is 14.0. The van der Waals surface area contributed by atoms with E-state index in [0.29, 0.717) is 5.75 Å². The molecule has 0 aliphatic carbocycles. The van der Waals surface area contributed by atoms with E-state index in [9.17, 15) is 5.11 Å². The SMILES string of the molecule is Oc1cccc2c(-c3c4ccccc4c(-c4ccc(-c5ccc6ccccc6c5)cc4)c4ccccc34)cccc12. The molecule has 0 saturated carbocycles. The van der Waals surface area contributed by atoms with Crippen LogP contribution in [0.15, 0.2) is 152 Å². The number of fused-ring (bicyclic) bond motifs is 4. The van der Waals surface area contributed by atoms with Gasteiger partial charge in [-0.1, -0.05) is 140 Å². The molecule has 0 amide bonds. The van der Waals surface area contributed by atoms with E-state index in [2.05, 4.69) is 127 Å². The maximum absolute atomic E-state index is 10.6. The largest absolute Gasteiger partial charge is 0.507 e. The lowest BCUT2D eigenvalue weighted by Gasteiger charge is -2.19. The van der Waals surface area contributed by atoms with Crippen LogP contribution in [0.1, 0.15) is 0 Å². The Morgan fingerprint density at radius 1 is 0.317 bits per heavy atom. The summed E-state index contributed by atoms with van der Waals surface area (Å²) >= 11 is 0. The van der Waals surface area contributed by atoms with Crippen LogP contribution in [0, 0.1) is 0 Å². The highest BCUT2D eigenvalue weighted by atomic mass is 16.3. The Morgan fingerprint density at radius 2 is 0.829 bits per heavy atom. The fraction of sp³-hybridized carbons (Fsp3) is 0. The molecular formula is C40H26O. The van der Waals surface area contributed by atoms with Gasteiger partial charge >= 0.3 is 0 Å². The van der Waals surface area contributed by atoms with Crippen LogP contribution in [-0.4, -0.2) is 5.11 Å². The van der Waals surface area contributed by atoms with Crippen molar-refractivity contribution < 1.29 is 5.11 Å². The van der Waals surface area contributed by atoms with E-state index in [1.165, 1.54) is 60.1 Å². The minimum absolute atomic E-state index is 0.307. The molecule has 0 unspecified atom stereocenters. The minimum atomic E-state index is 0.307. The standard InChI is InChI=1S/C40H26O/c41-38-18-8-15-31-32(38)16-7-17-33(31)40-36-13-5-3-11-34(36)39(35-12-4-6-14-37(35)40)28-22-19-27(20-23-28)30-24-21-26-9-1-2-10-29(26)25-30/h1-25,41H. The third-order valence-electron chi connectivity index (χ3n) is 8.36. The van der Waals surface area contributed by atoms with Gasteiger partial charge in [0.15, 0.2) is 0 Å². The molecule has 1 heteroatoms. The van der Waals surface area contributed by atoms with Crippen molar-refractivity contribution in [2.24, 2.45) is 0 Å². The topological polar surface area (TPSA) is 20.2 Å². The van der Waals surface area contributed by atoms with Gasteiger partial charge < -0.3 is 5.11 Å². The number of phenols is 1. The normalized spacial score (nSPS) is 11.5. The Labute approximate surface area is 238 Å². The van der Waals surface area contributed by atoms with Crippen LogP contribution in [0.2, 0.25) is 0 Å². The lowest BCUT2D eigenvalue weighted by atomic mass is 9.84. The molecular weight excluding hydrogens is 496 g/mol. The maximum Gasteiger partial charge on any atom is 0.123 e. The van der Waals surface area contributed by atoms with Crippen LogP contribution in [-0.2, 0) is 0 Å². The molecule has 8 aromatic carbocycles. The molecule has 1 N–H and O–H groups in total. The van der Waals surface area contributed by atoms with E-state index in [-0.39, 0.29) is 0 Å². The van der Waals surface area contributed by atoms with Gasteiger partial charge in [0.05, 0.1) is 0 Å². The molecule has 41 heavy (non-hydrogen) atoms. The van der Waals surface area contributed by atoms with Gasteiger partial charge in [0.1, 0.15) is 5.75 Å². The molecule has 0 aliphatic heterocycles. The molecule has 0 aromatic heterocycles. The monoisotopic (exact) mass is 522 g/mol. The van der Waals surface area contributed by atoms with Gasteiger partial charge in [-0.2, -0.15) is 0 Å². The molecule has 0 bridgehead atoms. The fourth-order valence-corrected chi connectivity index (χ4v) is 6.44. The van der Waals surface area contributed by atoms with Crippen molar-refractivity contribution in [1.29, 1.82) is 0 Å². The summed E-state index contributed by atoms with van der Waals surface area (Å²) < 4.78 is 0. The van der Waals surface area contributed by atoms with Crippen molar-refractivity contribution in [3.8, 4) is 39.1 Å². The second-order valence-corrected chi connectivity index (χ2v) is 10.7. The zero-order valence-electron chi connectivity index (χ0n) is 22.4. The lowest BCUT2D eigenvalue weighted by Crippen LogP contribution is -1.91. The van der Waals surface area contributed by atoms with Gasteiger partial charge in [-0.05, 0) is 83.2 Å². The fourth-order valence-electron chi connectivity index (χ4n) is 6.44. The zero-order chi connectivity index (χ0) is 27.3. The molecule has 1 nitrogen and oxygen atoms in total. The maximum atomic E-state index is 10.6. The average molecular weight is 523 g/mol. The molecule has 0 aliphatic rings. The predicted octanol–water partition coefficient (Wildman–Crippen LogP) is 11.0. The smallest absolute Gasteiger partial charge is 0.123 e. The van der Waals surface area contributed by atoms with Gasteiger partial charge in [-0.25, -0.2) is 0 Å². The van der Waals surface area contributed by atoms with E-state index in [4.69, 9.17) is 0 Å². The molecule has 0 saturated heterocycles. The average Bonchev–Trinajstić information content (AvgIpc) is 3.03. The molecule has 0 fully saturated rings. The Kier molecular flexibility index (Phi) is 5.36. The van der Waals surface area contributed by atoms with Gasteiger partial charge in [0.25, 0.3) is 0 Å². The highest BCUT2D eigenvalue weighted by Crippen LogP contribution is 2.46. The van der Waals surface area contributed by atoms with Crippen molar-refractivity contribution in [2.45, 2.75) is 0 Å². The molecule has 0 spiro atoms. The van der Waals surface area contributed by atoms with Crippen LogP contribution in [0.5, 0.6) is 5.75 Å². The van der Waals surface area contributed by atoms with Gasteiger partial charge in [-0.15, -0.1) is 0 Å². The first-order chi connectivity index (χ1) is 20.3. The number of rotatable bonds is 3. The number of hydrogen-bond donors (Lipinski definition) is 1. The first-order valence-electron chi connectivity index (χ1n) is 14.0. The van der Waals surface area contributed by atoms with Crippen molar-refractivity contribution in [3.63, 3.8) is 0 Å². The molecule has 0 heterocycles. The van der Waals surface area contributed by atoms with E-state index in [1.807, 2.05) is 18.2 Å². The first kappa shape index (κ1) is 23.5. The summed E-state index contributed by atoms with van der Waals surface area (Å²) in [7, 11) is 0. The van der Waals surface area contributed by atoms with Crippen LogP contribution < -0.4 is 0 Å². The molecule has 8 aromatic rings. The third kappa shape index (κ3) is 3.78. The molecule has 192 valence electrons. The highest BCUT2D eigenvalue weighted by Gasteiger charge is 2.18. The molecule has 8 rings (SSSR count). The summed E-state index contributed by atoms with van der Waals surface area (Å²) in [5.74, 6) is 0.307. The van der Waals surface area contributed by atoms with Crippen LogP contribution in [0.3, 0.4) is 0 Å². The second kappa shape index (κ2) is 9.36. The van der Waals surface area contributed by atoms with Gasteiger partial charge in [-0.3, -0.25) is 0 Å². The van der Waals surface area contributed by atoms with E-state index in [1.54, 1.807) is 6.07 Å². The Balaban J connectivity index is 1.36. The highest BCUT2D eigenvalue weighted by molar-refractivity contribution is 6.23. The van der Waals surface area contributed by atoms with Crippen LogP contribution in [0.25, 0.3) is 76.5 Å². The predicted molar refractivity (Wildman–Crippen MR) is 174 cm³/mol. The van der Waals surface area contributed by atoms with Crippen molar-refractivity contribution in [3.05, 3.63) is 152 Å². The van der Waals surface area contributed by atoms with E-state index in [0.717, 1.165) is 16.3 Å². The number of phenolic OH excluding ortho intramolecular Hbond substituents is 1. The van der Waals surface area contributed by atoms with E-state index < -0.39 is 0 Å². The summed E-state index contributed by atoms with van der Waals surface area (Å²) in [4.78, 5) is 0. The van der Waals surface area contributed by atoms with Crippen molar-refractivity contribution >= 4 is 43.1 Å². The molecule has 0 radical (unpaired) electrons. The third-order valence-corrected chi connectivity index (χ3v) is 8.36. The number of aromatic hydroxyl groups is 1. The summed E-state index contributed by atoms with van der Waals surface area (Å²) in [6.07, 6.45) is 0. The lowest BCUT2D eigenvalue weighted by molar-refractivity contribution is 0.481. The zero-order valence-corrected chi connectivity index (χ0v) is 22.4. The van der Waals surface area contributed by atoms with Gasteiger partial charge in [0, 0.05) is 5.39 Å². The van der Waals surface area contributed by atoms with Crippen molar-refractivity contribution in [1.82, 2.24) is 0 Å². The van der Waals surface area contributed by atoms with Crippen LogP contribution in [0.4, 0.5) is 0 Å². The number of hydrogen-bond acceptors (Lipinski definition) is 1.